The maximum Gasteiger partial charge on any atom is 0.418 e. The number of carbonyl (C=O) groups is 1. The number of unbranched alkanes of at least 4 members (excludes halogenated alkanes) is 1. The SMILES string of the molecule is CCCCc1ccc(C2N(Cc3c(C)cc(C)c4c3ccn4C(=O)OC(C)(C)C)CC2(C)OCC)cc1. The van der Waals surface area contributed by atoms with Gasteiger partial charge in [0.2, 0.25) is 0 Å². The van der Waals surface area contributed by atoms with Crippen LogP contribution < -0.4 is 0 Å². The summed E-state index contributed by atoms with van der Waals surface area (Å²) in [6.07, 6.45) is 5.07. The normalized spacial score (nSPS) is 20.3. The molecule has 0 N–H and O–H groups in total. The molecule has 0 radical (unpaired) electrons. The summed E-state index contributed by atoms with van der Waals surface area (Å²) in [5, 5.41) is 1.11. The number of rotatable bonds is 8. The number of fused-ring (bicyclic) bond motifs is 1. The van der Waals surface area contributed by atoms with Crippen LogP contribution in [0.5, 0.6) is 0 Å². The number of ether oxygens (including phenoxy) is 2. The zero-order chi connectivity index (χ0) is 27.0. The Morgan fingerprint density at radius 3 is 2.41 bits per heavy atom. The summed E-state index contributed by atoms with van der Waals surface area (Å²) in [5.74, 6) is 0. The molecule has 0 bridgehead atoms. The third kappa shape index (κ3) is 5.63. The summed E-state index contributed by atoms with van der Waals surface area (Å²) in [6.45, 7) is 18.8. The first-order valence-corrected chi connectivity index (χ1v) is 13.8. The molecule has 2 atom stereocenters. The summed E-state index contributed by atoms with van der Waals surface area (Å²) >= 11 is 0. The number of hydrogen-bond donors (Lipinski definition) is 0. The van der Waals surface area contributed by atoms with Crippen molar-refractivity contribution in [1.29, 1.82) is 0 Å². The van der Waals surface area contributed by atoms with Crippen LogP contribution in [0.3, 0.4) is 0 Å². The van der Waals surface area contributed by atoms with Gasteiger partial charge in [-0.2, -0.15) is 0 Å². The molecule has 2 unspecified atom stereocenters. The lowest BCUT2D eigenvalue weighted by Gasteiger charge is -2.55. The summed E-state index contributed by atoms with van der Waals surface area (Å²) in [4.78, 5) is 15.5. The predicted octanol–water partition coefficient (Wildman–Crippen LogP) is 7.74. The van der Waals surface area contributed by atoms with Crippen LogP contribution in [0.25, 0.3) is 10.9 Å². The van der Waals surface area contributed by atoms with Crippen LogP contribution in [0.2, 0.25) is 0 Å². The molecule has 5 nitrogen and oxygen atoms in total. The molecule has 1 aliphatic heterocycles. The Bertz CT molecular complexity index is 1250. The number of aryl methyl sites for hydroxylation is 3. The smallest absolute Gasteiger partial charge is 0.418 e. The van der Waals surface area contributed by atoms with Crippen LogP contribution >= 0.6 is 0 Å². The molecule has 200 valence electrons. The standard InChI is InChI=1S/C32H44N2O3/c1-9-11-12-24-13-15-25(16-14-24)29-32(8,36-10-2)21-33(29)20-27-22(3)19-23(4)28-26(27)17-18-34(28)30(35)37-31(5,6)7/h13-19,29H,9-12,20-21H2,1-8H3. The molecule has 1 saturated heterocycles. The van der Waals surface area contributed by atoms with Crippen LogP contribution in [-0.2, 0) is 22.4 Å². The summed E-state index contributed by atoms with van der Waals surface area (Å²) < 4.78 is 13.7. The summed E-state index contributed by atoms with van der Waals surface area (Å²) in [7, 11) is 0. The van der Waals surface area contributed by atoms with Crippen LogP contribution in [-0.4, -0.2) is 39.9 Å². The average Bonchev–Trinajstić information content (AvgIpc) is 3.25. The van der Waals surface area contributed by atoms with Crippen molar-refractivity contribution in [2.24, 2.45) is 0 Å². The van der Waals surface area contributed by atoms with Gasteiger partial charge >= 0.3 is 6.09 Å². The highest BCUT2D eigenvalue weighted by Crippen LogP contribution is 2.46. The van der Waals surface area contributed by atoms with Crippen molar-refractivity contribution >= 4 is 17.0 Å². The van der Waals surface area contributed by atoms with Crippen molar-refractivity contribution < 1.29 is 14.3 Å². The Morgan fingerprint density at radius 1 is 1.08 bits per heavy atom. The molecular weight excluding hydrogens is 460 g/mol. The van der Waals surface area contributed by atoms with Crippen LogP contribution in [0.4, 0.5) is 4.79 Å². The minimum absolute atomic E-state index is 0.177. The first-order valence-electron chi connectivity index (χ1n) is 13.8. The van der Waals surface area contributed by atoms with Crippen molar-refractivity contribution in [2.75, 3.05) is 13.2 Å². The van der Waals surface area contributed by atoms with E-state index in [0.29, 0.717) is 6.61 Å². The Morgan fingerprint density at radius 2 is 1.78 bits per heavy atom. The van der Waals surface area contributed by atoms with Gasteiger partial charge in [0.1, 0.15) is 5.60 Å². The van der Waals surface area contributed by atoms with Crippen LogP contribution in [0.15, 0.2) is 42.6 Å². The number of nitrogens with zero attached hydrogens (tertiary/aromatic N) is 2. The number of likely N-dealkylation sites (tertiary alicyclic amines) is 1. The average molecular weight is 505 g/mol. The first kappa shape index (κ1) is 27.4. The minimum Gasteiger partial charge on any atom is -0.443 e. The fraction of sp³-hybridized carbons (Fsp3) is 0.531. The molecule has 0 amide bonds. The molecule has 1 aromatic heterocycles. The largest absolute Gasteiger partial charge is 0.443 e. The van der Waals surface area contributed by atoms with E-state index in [-0.39, 0.29) is 17.7 Å². The molecule has 0 aliphatic carbocycles. The van der Waals surface area contributed by atoms with Gasteiger partial charge in [0.25, 0.3) is 0 Å². The molecule has 2 heterocycles. The zero-order valence-corrected chi connectivity index (χ0v) is 24.0. The molecule has 0 spiro atoms. The monoisotopic (exact) mass is 504 g/mol. The van der Waals surface area contributed by atoms with Gasteiger partial charge in [-0.3, -0.25) is 9.47 Å². The van der Waals surface area contributed by atoms with Gasteiger partial charge in [-0.25, -0.2) is 4.79 Å². The van der Waals surface area contributed by atoms with Gasteiger partial charge in [0.15, 0.2) is 0 Å². The quantitative estimate of drug-likeness (QED) is 0.315. The van der Waals surface area contributed by atoms with E-state index in [1.807, 2.05) is 27.0 Å². The Labute approximate surface area is 222 Å². The van der Waals surface area contributed by atoms with Crippen LogP contribution in [0.1, 0.15) is 88.2 Å². The third-order valence-electron chi connectivity index (χ3n) is 7.49. The highest BCUT2D eigenvalue weighted by atomic mass is 16.6. The van der Waals surface area contributed by atoms with E-state index < -0.39 is 5.60 Å². The summed E-state index contributed by atoms with van der Waals surface area (Å²) in [6, 6.07) is 13.6. The Balaban J connectivity index is 1.67. The fourth-order valence-corrected chi connectivity index (χ4v) is 5.91. The second-order valence-corrected chi connectivity index (χ2v) is 11.8. The van der Waals surface area contributed by atoms with E-state index in [2.05, 4.69) is 75.9 Å². The molecule has 0 saturated carbocycles. The highest BCUT2D eigenvalue weighted by Gasteiger charge is 2.50. The van der Waals surface area contributed by atoms with Gasteiger partial charge in [0, 0.05) is 31.3 Å². The topological polar surface area (TPSA) is 43.7 Å². The zero-order valence-electron chi connectivity index (χ0n) is 24.0. The molecule has 2 aromatic carbocycles. The van der Waals surface area contributed by atoms with Crippen LogP contribution in [0, 0.1) is 13.8 Å². The molecule has 1 fully saturated rings. The van der Waals surface area contributed by atoms with E-state index in [1.165, 1.54) is 35.1 Å². The number of hydrogen-bond acceptors (Lipinski definition) is 4. The van der Waals surface area contributed by atoms with Gasteiger partial charge in [-0.1, -0.05) is 43.7 Å². The number of benzene rings is 2. The highest BCUT2D eigenvalue weighted by molar-refractivity contribution is 5.94. The summed E-state index contributed by atoms with van der Waals surface area (Å²) in [5.41, 5.74) is 6.43. The van der Waals surface area contributed by atoms with Gasteiger partial charge < -0.3 is 9.47 Å². The lowest BCUT2D eigenvalue weighted by atomic mass is 9.79. The van der Waals surface area contributed by atoms with Gasteiger partial charge in [-0.15, -0.1) is 0 Å². The molecule has 5 heteroatoms. The fourth-order valence-electron chi connectivity index (χ4n) is 5.91. The first-order chi connectivity index (χ1) is 17.5. The van der Waals surface area contributed by atoms with E-state index in [9.17, 15) is 4.79 Å². The Kier molecular flexibility index (Phi) is 7.87. The van der Waals surface area contributed by atoms with E-state index in [0.717, 1.165) is 36.0 Å². The van der Waals surface area contributed by atoms with Crippen molar-refractivity contribution in [3.63, 3.8) is 0 Å². The minimum atomic E-state index is -0.546. The number of carbonyl (C=O) groups excluding carboxylic acids is 1. The lowest BCUT2D eigenvalue weighted by molar-refractivity contribution is -0.181. The molecule has 4 rings (SSSR count). The molecule has 3 aromatic rings. The van der Waals surface area contributed by atoms with Crippen molar-refractivity contribution in [3.8, 4) is 0 Å². The van der Waals surface area contributed by atoms with E-state index in [1.54, 1.807) is 4.57 Å². The maximum atomic E-state index is 13.0. The van der Waals surface area contributed by atoms with Gasteiger partial charge in [-0.05, 0) is 95.2 Å². The molecule has 37 heavy (non-hydrogen) atoms. The third-order valence-corrected chi connectivity index (χ3v) is 7.49. The number of aromatic nitrogens is 1. The second-order valence-electron chi connectivity index (χ2n) is 11.8. The molecular formula is C32H44N2O3. The van der Waals surface area contributed by atoms with Crippen molar-refractivity contribution in [3.05, 3.63) is 70.4 Å². The second kappa shape index (κ2) is 10.6. The molecule has 1 aliphatic rings. The lowest BCUT2D eigenvalue weighted by Crippen LogP contribution is -2.62. The van der Waals surface area contributed by atoms with Gasteiger partial charge in [0.05, 0.1) is 17.2 Å². The van der Waals surface area contributed by atoms with E-state index in [4.69, 9.17) is 9.47 Å². The van der Waals surface area contributed by atoms with E-state index >= 15 is 0 Å². The van der Waals surface area contributed by atoms with Crippen molar-refractivity contribution in [1.82, 2.24) is 9.47 Å². The predicted molar refractivity (Wildman–Crippen MR) is 151 cm³/mol. The Hall–Kier alpha value is -2.63. The van der Waals surface area contributed by atoms with Crippen molar-refractivity contribution in [2.45, 2.75) is 98.4 Å². The maximum absolute atomic E-state index is 13.0.